The van der Waals surface area contributed by atoms with E-state index in [-0.39, 0.29) is 54.4 Å². The zero-order chi connectivity index (χ0) is 25.7. The van der Waals surface area contributed by atoms with Crippen molar-refractivity contribution in [1.29, 1.82) is 0 Å². The minimum atomic E-state index is -0.247. The van der Waals surface area contributed by atoms with Crippen LogP contribution in [0.4, 0.5) is 4.39 Å². The molecule has 2 N–H and O–H groups in total. The number of esters is 1. The van der Waals surface area contributed by atoms with E-state index >= 15 is 0 Å². The molecule has 2 amide bonds. The van der Waals surface area contributed by atoms with Crippen molar-refractivity contribution in [3.8, 4) is 0 Å². The van der Waals surface area contributed by atoms with Crippen molar-refractivity contribution in [2.75, 3.05) is 33.3 Å². The number of fused-ring (bicyclic) bond motifs is 1. The van der Waals surface area contributed by atoms with Gasteiger partial charge in [0.2, 0.25) is 11.8 Å². The van der Waals surface area contributed by atoms with Crippen LogP contribution < -0.4 is 10.6 Å². The first-order chi connectivity index (χ1) is 17.4. The van der Waals surface area contributed by atoms with Crippen molar-refractivity contribution < 1.29 is 23.5 Å². The van der Waals surface area contributed by atoms with Gasteiger partial charge in [0.25, 0.3) is 0 Å². The van der Waals surface area contributed by atoms with Gasteiger partial charge < -0.3 is 15.4 Å². The van der Waals surface area contributed by atoms with E-state index in [1.807, 2.05) is 12.1 Å². The Balaban J connectivity index is 1.16. The molecule has 2 aliphatic heterocycles. The number of carbonyl (C=O) groups excluding carboxylic acids is 3. The van der Waals surface area contributed by atoms with E-state index in [0.29, 0.717) is 48.9 Å². The number of ether oxygens (including phenoxy) is 1. The number of methoxy groups -OCH3 is 1. The summed E-state index contributed by atoms with van der Waals surface area (Å²) in [4.78, 5) is 41.2. The van der Waals surface area contributed by atoms with Crippen LogP contribution in [0.5, 0.6) is 0 Å². The fraction of sp³-hybridized carbons (Fsp3) is 0.615. The average Bonchev–Trinajstić information content (AvgIpc) is 2.88. The van der Waals surface area contributed by atoms with E-state index in [4.69, 9.17) is 17.0 Å². The van der Waals surface area contributed by atoms with Crippen LogP contribution in [0.2, 0.25) is 0 Å². The molecule has 0 bridgehead atoms. The Labute approximate surface area is 216 Å². The first-order valence-corrected chi connectivity index (χ1v) is 13.2. The van der Waals surface area contributed by atoms with Gasteiger partial charge in [-0.25, -0.2) is 4.39 Å². The van der Waals surface area contributed by atoms with Crippen LogP contribution in [0.1, 0.15) is 44.1 Å². The number of hydrogen-bond donors (Lipinski definition) is 2. The third-order valence-electron chi connectivity index (χ3n) is 7.73. The molecule has 10 heteroatoms. The van der Waals surface area contributed by atoms with Crippen LogP contribution in [0.15, 0.2) is 24.3 Å². The topological polar surface area (TPSA) is 91.0 Å². The standard InChI is InChI=1S/C26H35FN4O4S/c1-35-25(34)18-6-7-20-22(14-18)29-26(36)31(24(20)33)13-10-23(32)28-15-17-8-11-30(12-9-17)16-19-4-2-3-5-21(19)27/h2-5,17-18,20,22H,6-16H2,1H3,(H,28,32)(H,29,36). The van der Waals surface area contributed by atoms with Gasteiger partial charge >= 0.3 is 5.97 Å². The number of likely N-dealkylation sites (tertiary alicyclic amines) is 1. The lowest BCUT2D eigenvalue weighted by Gasteiger charge is -2.43. The number of thiocarbonyl (C=S) groups is 1. The molecule has 2 saturated heterocycles. The van der Waals surface area contributed by atoms with E-state index in [9.17, 15) is 18.8 Å². The van der Waals surface area contributed by atoms with Gasteiger partial charge in [0.15, 0.2) is 5.11 Å². The molecule has 3 atom stereocenters. The molecule has 0 radical (unpaired) electrons. The maximum atomic E-state index is 13.9. The smallest absolute Gasteiger partial charge is 0.308 e. The lowest BCUT2D eigenvalue weighted by Crippen LogP contribution is -2.62. The van der Waals surface area contributed by atoms with Crippen molar-refractivity contribution in [3.05, 3.63) is 35.6 Å². The fourth-order valence-corrected chi connectivity index (χ4v) is 5.86. The highest BCUT2D eigenvalue weighted by molar-refractivity contribution is 7.80. The molecule has 8 nitrogen and oxygen atoms in total. The molecular formula is C26H35FN4O4S. The van der Waals surface area contributed by atoms with Crippen LogP contribution in [0, 0.1) is 23.6 Å². The summed E-state index contributed by atoms with van der Waals surface area (Å²) in [5.74, 6) is -0.658. The molecule has 4 rings (SSSR count). The van der Waals surface area contributed by atoms with Gasteiger partial charge in [-0.3, -0.25) is 24.2 Å². The first kappa shape index (κ1) is 26.5. The second-order valence-electron chi connectivity index (χ2n) is 10.1. The molecule has 2 heterocycles. The van der Waals surface area contributed by atoms with Crippen LogP contribution in [0.3, 0.4) is 0 Å². The molecule has 0 spiro atoms. The summed E-state index contributed by atoms with van der Waals surface area (Å²) >= 11 is 5.41. The summed E-state index contributed by atoms with van der Waals surface area (Å²) in [5, 5.41) is 6.54. The van der Waals surface area contributed by atoms with Crippen LogP contribution in [0.25, 0.3) is 0 Å². The predicted octanol–water partition coefficient (Wildman–Crippen LogP) is 2.22. The molecule has 1 saturated carbocycles. The Hall–Kier alpha value is -2.59. The minimum absolute atomic E-state index is 0.0675. The zero-order valence-corrected chi connectivity index (χ0v) is 21.5. The molecule has 0 aromatic heterocycles. The third-order valence-corrected chi connectivity index (χ3v) is 8.07. The number of piperidine rings is 1. The maximum absolute atomic E-state index is 13.9. The number of halogens is 1. The van der Waals surface area contributed by atoms with Crippen LogP contribution in [-0.4, -0.2) is 72.0 Å². The second kappa shape index (κ2) is 12.1. The predicted molar refractivity (Wildman–Crippen MR) is 136 cm³/mol. The van der Waals surface area contributed by atoms with Gasteiger partial charge in [-0.2, -0.15) is 0 Å². The number of nitrogens with one attached hydrogen (secondary N) is 2. The van der Waals surface area contributed by atoms with Gasteiger partial charge in [0, 0.05) is 37.7 Å². The SMILES string of the molecule is COC(=O)C1CCC2C(=O)N(CCC(=O)NCC3CCN(Cc4ccccc4F)CC3)C(=S)NC2C1. The maximum Gasteiger partial charge on any atom is 0.308 e. The lowest BCUT2D eigenvalue weighted by atomic mass is 9.76. The highest BCUT2D eigenvalue weighted by Gasteiger charge is 2.44. The number of nitrogens with zero attached hydrogens (tertiary/aromatic N) is 2. The van der Waals surface area contributed by atoms with E-state index in [1.165, 1.54) is 18.1 Å². The summed E-state index contributed by atoms with van der Waals surface area (Å²) in [7, 11) is 1.38. The van der Waals surface area contributed by atoms with E-state index < -0.39 is 0 Å². The molecule has 1 aromatic rings. The van der Waals surface area contributed by atoms with Crippen molar-refractivity contribution in [2.24, 2.45) is 17.8 Å². The molecule has 3 aliphatic rings. The van der Waals surface area contributed by atoms with E-state index in [0.717, 1.165) is 25.9 Å². The van der Waals surface area contributed by atoms with Crippen LogP contribution >= 0.6 is 12.2 Å². The van der Waals surface area contributed by atoms with Gasteiger partial charge in [-0.15, -0.1) is 0 Å². The van der Waals surface area contributed by atoms with Crippen molar-refractivity contribution in [1.82, 2.24) is 20.4 Å². The number of amides is 2. The summed E-state index contributed by atoms with van der Waals surface area (Å²) < 4.78 is 18.8. The van der Waals surface area contributed by atoms with Crippen molar-refractivity contribution in [2.45, 2.75) is 51.1 Å². The number of benzene rings is 1. The van der Waals surface area contributed by atoms with Gasteiger partial charge in [-0.1, -0.05) is 18.2 Å². The van der Waals surface area contributed by atoms with Gasteiger partial charge in [-0.05, 0) is 69.4 Å². The Kier molecular flexibility index (Phi) is 8.90. The molecule has 196 valence electrons. The number of hydrogen-bond acceptors (Lipinski definition) is 6. The van der Waals surface area contributed by atoms with Crippen LogP contribution in [-0.2, 0) is 25.7 Å². The average molecular weight is 519 g/mol. The van der Waals surface area contributed by atoms with Crippen molar-refractivity contribution >= 4 is 35.1 Å². The molecule has 1 aliphatic carbocycles. The van der Waals surface area contributed by atoms with E-state index in [2.05, 4.69) is 15.5 Å². The number of carbonyl (C=O) groups is 3. The Bertz CT molecular complexity index is 984. The molecular weight excluding hydrogens is 483 g/mol. The molecule has 3 fully saturated rings. The van der Waals surface area contributed by atoms with Crippen molar-refractivity contribution in [3.63, 3.8) is 0 Å². The quantitative estimate of drug-likeness (QED) is 0.403. The molecule has 3 unspecified atom stereocenters. The monoisotopic (exact) mass is 518 g/mol. The fourth-order valence-electron chi connectivity index (χ4n) is 5.53. The Morgan fingerprint density at radius 3 is 2.67 bits per heavy atom. The first-order valence-electron chi connectivity index (χ1n) is 12.8. The number of rotatable bonds is 8. The Morgan fingerprint density at radius 1 is 1.19 bits per heavy atom. The van der Waals surface area contributed by atoms with Gasteiger partial charge in [0.1, 0.15) is 5.82 Å². The largest absolute Gasteiger partial charge is 0.469 e. The minimum Gasteiger partial charge on any atom is -0.469 e. The molecule has 1 aromatic carbocycles. The highest BCUT2D eigenvalue weighted by atomic mass is 32.1. The second-order valence-corrected chi connectivity index (χ2v) is 10.4. The third kappa shape index (κ3) is 6.39. The highest BCUT2D eigenvalue weighted by Crippen LogP contribution is 2.33. The zero-order valence-electron chi connectivity index (χ0n) is 20.7. The summed E-state index contributed by atoms with van der Waals surface area (Å²) in [6.07, 6.45) is 3.81. The summed E-state index contributed by atoms with van der Waals surface area (Å²) in [6, 6.07) is 6.70. The van der Waals surface area contributed by atoms with E-state index in [1.54, 1.807) is 6.07 Å². The summed E-state index contributed by atoms with van der Waals surface area (Å²) in [5.41, 5.74) is 0.715. The normalized spacial score (nSPS) is 25.2. The Morgan fingerprint density at radius 2 is 1.94 bits per heavy atom. The summed E-state index contributed by atoms with van der Waals surface area (Å²) in [6.45, 7) is 3.19. The lowest BCUT2D eigenvalue weighted by molar-refractivity contribution is -0.149. The van der Waals surface area contributed by atoms with Gasteiger partial charge in [0.05, 0.1) is 18.9 Å². The molecule has 36 heavy (non-hydrogen) atoms.